The van der Waals surface area contributed by atoms with Gasteiger partial charge in [-0.2, -0.15) is 0 Å². The van der Waals surface area contributed by atoms with Crippen molar-refractivity contribution in [1.29, 1.82) is 0 Å². The third-order valence-corrected chi connectivity index (χ3v) is 7.92. The minimum Gasteiger partial charge on any atom is -0.379 e. The Hall–Kier alpha value is -0.930. The Morgan fingerprint density at radius 2 is 2.07 bits per heavy atom. The highest BCUT2D eigenvalue weighted by atomic mass is 32.2. The number of nitrogens with one attached hydrogen (secondary N) is 1. The number of hydrogen-bond donors (Lipinski definition) is 1. The lowest BCUT2D eigenvalue weighted by atomic mass is 9.90. The number of morpholine rings is 1. The van der Waals surface area contributed by atoms with Gasteiger partial charge in [0.25, 0.3) is 0 Å². The van der Waals surface area contributed by atoms with Gasteiger partial charge >= 0.3 is 0 Å². The van der Waals surface area contributed by atoms with Crippen LogP contribution >= 0.6 is 23.1 Å². The first kappa shape index (κ1) is 22.3. The molecule has 0 aliphatic carbocycles. The Balaban J connectivity index is 1.56. The van der Waals surface area contributed by atoms with Gasteiger partial charge in [0.1, 0.15) is 10.6 Å². The fourth-order valence-corrected chi connectivity index (χ4v) is 5.88. The van der Waals surface area contributed by atoms with Gasteiger partial charge in [0.2, 0.25) is 0 Å². The molecule has 0 amide bonds. The number of aromatic nitrogens is 2. The fraction of sp³-hybridized carbons (Fsp3) is 0.727. The molecule has 166 valence electrons. The minimum atomic E-state index is -0.0973. The van der Waals surface area contributed by atoms with E-state index in [1.165, 1.54) is 15.8 Å². The summed E-state index contributed by atoms with van der Waals surface area (Å²) in [6, 6.07) is 0. The molecule has 1 saturated heterocycles. The largest absolute Gasteiger partial charge is 0.379 e. The van der Waals surface area contributed by atoms with Crippen LogP contribution in [0.5, 0.6) is 0 Å². The van der Waals surface area contributed by atoms with E-state index >= 15 is 0 Å². The molecule has 1 atom stereocenters. The van der Waals surface area contributed by atoms with E-state index < -0.39 is 0 Å². The molecular formula is C22H34N4O2S2. The Bertz CT molecular complexity index is 866. The van der Waals surface area contributed by atoms with E-state index in [9.17, 15) is 0 Å². The maximum Gasteiger partial charge on any atom is 0.191 e. The van der Waals surface area contributed by atoms with Crippen molar-refractivity contribution in [2.24, 2.45) is 0 Å². The molecule has 8 heteroatoms. The number of thiophene rings is 1. The van der Waals surface area contributed by atoms with Gasteiger partial charge in [-0.25, -0.2) is 9.97 Å². The van der Waals surface area contributed by atoms with E-state index in [0.29, 0.717) is 11.9 Å². The van der Waals surface area contributed by atoms with Crippen LogP contribution in [0, 0.1) is 0 Å². The minimum absolute atomic E-state index is 0.0973. The molecule has 30 heavy (non-hydrogen) atoms. The van der Waals surface area contributed by atoms with Gasteiger partial charge in [-0.3, -0.25) is 4.90 Å². The number of hydrogen-bond acceptors (Lipinski definition) is 8. The van der Waals surface area contributed by atoms with Crippen molar-refractivity contribution in [3.63, 3.8) is 0 Å². The standard InChI is InChI=1S/C22H34N4O2S2/c1-5-22(4)13-16-17(14-28-22)30-20-18(16)19(24-21(25-20)29-15(2)3)23-7-6-8-26-9-11-27-12-10-26/h15H,5-14H2,1-4H3,(H,23,24,25). The van der Waals surface area contributed by atoms with E-state index in [2.05, 4.69) is 37.9 Å². The summed E-state index contributed by atoms with van der Waals surface area (Å²) in [4.78, 5) is 14.8. The molecule has 2 aromatic heterocycles. The van der Waals surface area contributed by atoms with Crippen molar-refractivity contribution in [3.8, 4) is 0 Å². The Kier molecular flexibility index (Phi) is 7.19. The van der Waals surface area contributed by atoms with E-state index in [-0.39, 0.29) is 5.60 Å². The van der Waals surface area contributed by atoms with Crippen molar-refractivity contribution in [2.45, 2.75) is 69.6 Å². The molecule has 0 aromatic carbocycles. The van der Waals surface area contributed by atoms with Crippen molar-refractivity contribution >= 4 is 39.1 Å². The summed E-state index contributed by atoms with van der Waals surface area (Å²) in [5.74, 6) is 1.00. The number of thioether (sulfide) groups is 1. The van der Waals surface area contributed by atoms with Crippen LogP contribution in [0.25, 0.3) is 10.2 Å². The average Bonchev–Trinajstić information content (AvgIpc) is 3.08. The summed E-state index contributed by atoms with van der Waals surface area (Å²) in [5, 5.41) is 6.21. The highest BCUT2D eigenvalue weighted by Gasteiger charge is 2.33. The van der Waals surface area contributed by atoms with Crippen molar-refractivity contribution in [3.05, 3.63) is 10.4 Å². The highest BCUT2D eigenvalue weighted by molar-refractivity contribution is 7.99. The number of anilines is 1. The molecule has 2 aromatic rings. The molecule has 1 unspecified atom stereocenters. The predicted octanol–water partition coefficient (Wildman–Crippen LogP) is 4.57. The van der Waals surface area contributed by atoms with Crippen LogP contribution in [0.2, 0.25) is 0 Å². The molecule has 4 rings (SSSR count). The van der Waals surface area contributed by atoms with Crippen LogP contribution in [0.15, 0.2) is 5.16 Å². The summed E-state index contributed by atoms with van der Waals surface area (Å²) in [7, 11) is 0. The van der Waals surface area contributed by atoms with Gasteiger partial charge in [-0.05, 0) is 31.9 Å². The number of rotatable bonds is 8. The Morgan fingerprint density at radius 3 is 2.80 bits per heavy atom. The lowest BCUT2D eigenvalue weighted by molar-refractivity contribution is -0.0542. The summed E-state index contributed by atoms with van der Waals surface area (Å²) in [5.41, 5.74) is 1.29. The molecule has 0 radical (unpaired) electrons. The van der Waals surface area contributed by atoms with E-state index in [1.54, 1.807) is 23.1 Å². The average molecular weight is 451 g/mol. The van der Waals surface area contributed by atoms with Crippen molar-refractivity contribution in [1.82, 2.24) is 14.9 Å². The first-order chi connectivity index (χ1) is 14.5. The summed E-state index contributed by atoms with van der Waals surface area (Å²) in [6.45, 7) is 15.3. The Morgan fingerprint density at radius 1 is 1.27 bits per heavy atom. The first-order valence-corrected chi connectivity index (χ1v) is 12.8. The molecule has 2 aliphatic heterocycles. The fourth-order valence-electron chi connectivity index (χ4n) is 4.01. The second kappa shape index (κ2) is 9.69. The van der Waals surface area contributed by atoms with Crippen molar-refractivity contribution in [2.75, 3.05) is 44.7 Å². The van der Waals surface area contributed by atoms with E-state index in [0.717, 1.165) is 74.5 Å². The lowest BCUT2D eigenvalue weighted by Gasteiger charge is -2.33. The number of ether oxygens (including phenoxy) is 2. The topological polar surface area (TPSA) is 59.5 Å². The van der Waals surface area contributed by atoms with Crippen LogP contribution < -0.4 is 5.32 Å². The van der Waals surface area contributed by atoms with Gasteiger partial charge in [-0.1, -0.05) is 32.5 Å². The maximum atomic E-state index is 6.19. The normalized spacial score (nSPS) is 22.6. The lowest BCUT2D eigenvalue weighted by Crippen LogP contribution is -2.37. The zero-order valence-electron chi connectivity index (χ0n) is 18.6. The maximum absolute atomic E-state index is 6.19. The highest BCUT2D eigenvalue weighted by Crippen LogP contribution is 2.42. The molecule has 6 nitrogen and oxygen atoms in total. The third kappa shape index (κ3) is 5.10. The monoisotopic (exact) mass is 450 g/mol. The van der Waals surface area contributed by atoms with Gasteiger partial charge in [0.15, 0.2) is 5.16 Å². The quantitative estimate of drug-likeness (QED) is 0.359. The number of fused-ring (bicyclic) bond motifs is 3. The Labute approximate surface area is 188 Å². The van der Waals surface area contributed by atoms with Crippen LogP contribution in [-0.2, 0) is 22.5 Å². The van der Waals surface area contributed by atoms with Crippen LogP contribution in [-0.4, -0.2) is 65.1 Å². The molecule has 2 aliphatic rings. The van der Waals surface area contributed by atoms with Crippen LogP contribution in [0.1, 0.15) is 51.0 Å². The molecular weight excluding hydrogens is 416 g/mol. The smallest absolute Gasteiger partial charge is 0.191 e. The van der Waals surface area contributed by atoms with Gasteiger partial charge in [0, 0.05) is 36.2 Å². The second-order valence-electron chi connectivity index (χ2n) is 8.71. The second-order valence-corrected chi connectivity index (χ2v) is 11.3. The summed E-state index contributed by atoms with van der Waals surface area (Å²) < 4.78 is 11.6. The zero-order valence-corrected chi connectivity index (χ0v) is 20.3. The van der Waals surface area contributed by atoms with Crippen LogP contribution in [0.4, 0.5) is 5.82 Å². The predicted molar refractivity (Wildman–Crippen MR) is 126 cm³/mol. The zero-order chi connectivity index (χ0) is 21.1. The van der Waals surface area contributed by atoms with Gasteiger partial charge in [0.05, 0.1) is 30.8 Å². The summed E-state index contributed by atoms with van der Waals surface area (Å²) in [6.07, 6.45) is 3.04. The SMILES string of the molecule is CCC1(C)Cc2c(sc3nc(SC(C)C)nc(NCCCN4CCOCC4)c23)CO1. The van der Waals surface area contributed by atoms with Gasteiger partial charge in [-0.15, -0.1) is 11.3 Å². The van der Waals surface area contributed by atoms with Gasteiger partial charge < -0.3 is 14.8 Å². The molecule has 0 saturated carbocycles. The molecule has 0 spiro atoms. The molecule has 1 N–H and O–H groups in total. The first-order valence-electron chi connectivity index (χ1n) is 11.1. The van der Waals surface area contributed by atoms with Crippen LogP contribution in [0.3, 0.4) is 0 Å². The van der Waals surface area contributed by atoms with E-state index in [1.807, 2.05) is 0 Å². The molecule has 4 heterocycles. The van der Waals surface area contributed by atoms with E-state index in [4.69, 9.17) is 19.4 Å². The third-order valence-electron chi connectivity index (χ3n) is 5.95. The van der Waals surface area contributed by atoms with Crippen molar-refractivity contribution < 1.29 is 9.47 Å². The number of nitrogens with zero attached hydrogens (tertiary/aromatic N) is 3. The summed E-state index contributed by atoms with van der Waals surface area (Å²) >= 11 is 3.51. The molecule has 0 bridgehead atoms. The molecule has 1 fully saturated rings.